The van der Waals surface area contributed by atoms with Crippen molar-refractivity contribution in [1.82, 2.24) is 0 Å². The van der Waals surface area contributed by atoms with Gasteiger partial charge < -0.3 is 4.90 Å². The first-order valence-electron chi connectivity index (χ1n) is 5.49. The van der Waals surface area contributed by atoms with E-state index < -0.39 is 4.92 Å². The predicted molar refractivity (Wildman–Crippen MR) is 63.9 cm³/mol. The van der Waals surface area contributed by atoms with Gasteiger partial charge in [-0.1, -0.05) is 0 Å². The number of nitrogens with zero attached hydrogens (tertiary/aromatic N) is 2. The van der Waals surface area contributed by atoms with E-state index in [0.29, 0.717) is 6.42 Å². The van der Waals surface area contributed by atoms with Crippen molar-refractivity contribution in [1.29, 1.82) is 0 Å². The predicted octanol–water partition coefficient (Wildman–Crippen LogP) is 2.50. The highest BCUT2D eigenvalue weighted by Gasteiger charge is 2.38. The van der Waals surface area contributed by atoms with Crippen molar-refractivity contribution in [3.63, 3.8) is 0 Å². The summed E-state index contributed by atoms with van der Waals surface area (Å²) in [5, 5.41) is 10.6. The van der Waals surface area contributed by atoms with Crippen LogP contribution < -0.4 is 4.90 Å². The highest BCUT2D eigenvalue weighted by atomic mass is 16.6. The summed E-state index contributed by atoms with van der Waals surface area (Å²) in [6.07, 6.45) is 1.34. The molecule has 0 unspecified atom stereocenters. The van der Waals surface area contributed by atoms with Gasteiger partial charge in [-0.15, -0.1) is 0 Å². The molecule has 90 valence electrons. The Hall–Kier alpha value is -1.91. The summed E-state index contributed by atoms with van der Waals surface area (Å²) in [5.74, 6) is 0.0730. The number of non-ortho nitro benzene ring substituents is 1. The van der Waals surface area contributed by atoms with Crippen LogP contribution in [0, 0.1) is 10.1 Å². The van der Waals surface area contributed by atoms with Crippen molar-refractivity contribution < 1.29 is 9.72 Å². The first kappa shape index (κ1) is 11.6. The largest absolute Gasteiger partial charge is 0.307 e. The van der Waals surface area contributed by atoms with Gasteiger partial charge in [-0.25, -0.2) is 0 Å². The molecule has 17 heavy (non-hydrogen) atoms. The van der Waals surface area contributed by atoms with Gasteiger partial charge >= 0.3 is 0 Å². The van der Waals surface area contributed by atoms with Crippen LogP contribution in [0.25, 0.3) is 0 Å². The molecule has 1 aliphatic rings. The molecule has 0 N–H and O–H groups in total. The van der Waals surface area contributed by atoms with E-state index >= 15 is 0 Å². The van der Waals surface area contributed by atoms with Crippen molar-refractivity contribution in [2.75, 3.05) is 4.90 Å². The number of carbonyl (C=O) groups excluding carboxylic acids is 1. The monoisotopic (exact) mass is 234 g/mol. The van der Waals surface area contributed by atoms with Gasteiger partial charge in [0.25, 0.3) is 5.69 Å². The molecule has 1 fully saturated rings. The molecule has 1 saturated heterocycles. The zero-order valence-electron chi connectivity index (χ0n) is 9.84. The highest BCUT2D eigenvalue weighted by Crippen LogP contribution is 2.34. The third kappa shape index (κ3) is 2.00. The van der Waals surface area contributed by atoms with Crippen LogP contribution in [0.2, 0.25) is 0 Å². The smallest absolute Gasteiger partial charge is 0.269 e. The average Bonchev–Trinajstić information content (AvgIpc) is 2.53. The van der Waals surface area contributed by atoms with Crippen molar-refractivity contribution in [2.24, 2.45) is 0 Å². The number of nitro benzene ring substituents is 1. The molecule has 1 aromatic rings. The molecule has 5 heteroatoms. The molecule has 0 saturated carbocycles. The van der Waals surface area contributed by atoms with Crippen LogP contribution in [-0.4, -0.2) is 16.4 Å². The number of anilines is 1. The minimum atomic E-state index is -0.444. The highest BCUT2D eigenvalue weighted by molar-refractivity contribution is 5.97. The maximum Gasteiger partial charge on any atom is 0.269 e. The summed E-state index contributed by atoms with van der Waals surface area (Å²) in [4.78, 5) is 23.6. The van der Waals surface area contributed by atoms with Crippen LogP contribution in [0.4, 0.5) is 11.4 Å². The Morgan fingerprint density at radius 2 is 1.88 bits per heavy atom. The Labute approximate surface area is 99.2 Å². The lowest BCUT2D eigenvalue weighted by Gasteiger charge is -2.31. The molecular formula is C12H14N2O3. The van der Waals surface area contributed by atoms with Gasteiger partial charge in [-0.2, -0.15) is 0 Å². The van der Waals surface area contributed by atoms with Crippen LogP contribution in [0.15, 0.2) is 24.3 Å². The normalized spacial score (nSPS) is 18.5. The number of rotatable bonds is 2. The fourth-order valence-electron chi connectivity index (χ4n) is 2.19. The Morgan fingerprint density at radius 3 is 2.29 bits per heavy atom. The van der Waals surface area contributed by atoms with Gasteiger partial charge in [-0.05, 0) is 32.4 Å². The van der Waals surface area contributed by atoms with Crippen molar-refractivity contribution in [3.05, 3.63) is 34.4 Å². The fraction of sp³-hybridized carbons (Fsp3) is 0.417. The molecule has 0 atom stereocenters. The number of carbonyl (C=O) groups is 1. The molecule has 1 amide bonds. The molecule has 5 nitrogen and oxygen atoms in total. The molecule has 1 aromatic carbocycles. The molecular weight excluding hydrogens is 220 g/mol. The molecule has 1 heterocycles. The maximum absolute atomic E-state index is 11.8. The van der Waals surface area contributed by atoms with Gasteiger partial charge in [0.05, 0.1) is 4.92 Å². The summed E-state index contributed by atoms with van der Waals surface area (Å²) in [7, 11) is 0. The SMILES string of the molecule is CC1(C)CCC(=O)N1c1ccc([N+](=O)[O-])cc1. The molecule has 0 spiro atoms. The zero-order valence-corrected chi connectivity index (χ0v) is 9.84. The Morgan fingerprint density at radius 1 is 1.29 bits per heavy atom. The van der Waals surface area contributed by atoms with E-state index in [1.807, 2.05) is 13.8 Å². The van der Waals surface area contributed by atoms with Gasteiger partial charge in [-0.3, -0.25) is 14.9 Å². The second-order valence-corrected chi connectivity index (χ2v) is 4.82. The van der Waals surface area contributed by atoms with Crippen LogP contribution in [0.1, 0.15) is 26.7 Å². The minimum absolute atomic E-state index is 0.0400. The van der Waals surface area contributed by atoms with E-state index in [-0.39, 0.29) is 17.1 Å². The summed E-state index contributed by atoms with van der Waals surface area (Å²) in [6, 6.07) is 6.11. The minimum Gasteiger partial charge on any atom is -0.307 e. The Kier molecular flexibility index (Phi) is 2.61. The van der Waals surface area contributed by atoms with Gasteiger partial charge in [0, 0.05) is 29.8 Å². The molecule has 1 aliphatic heterocycles. The lowest BCUT2D eigenvalue weighted by Crippen LogP contribution is -2.40. The Balaban J connectivity index is 2.34. The van der Waals surface area contributed by atoms with Crippen molar-refractivity contribution >= 4 is 17.3 Å². The second-order valence-electron chi connectivity index (χ2n) is 4.82. The number of hydrogen-bond acceptors (Lipinski definition) is 3. The van der Waals surface area contributed by atoms with E-state index in [4.69, 9.17) is 0 Å². The van der Waals surface area contributed by atoms with Crippen LogP contribution in [-0.2, 0) is 4.79 Å². The van der Waals surface area contributed by atoms with Gasteiger partial charge in [0.2, 0.25) is 5.91 Å². The topological polar surface area (TPSA) is 63.5 Å². The molecule has 0 aromatic heterocycles. The van der Waals surface area contributed by atoms with Gasteiger partial charge in [0.15, 0.2) is 0 Å². The zero-order chi connectivity index (χ0) is 12.6. The first-order chi connectivity index (χ1) is 7.92. The van der Waals surface area contributed by atoms with Crippen molar-refractivity contribution in [3.8, 4) is 0 Å². The quantitative estimate of drug-likeness (QED) is 0.583. The van der Waals surface area contributed by atoms with E-state index in [0.717, 1.165) is 12.1 Å². The summed E-state index contributed by atoms with van der Waals surface area (Å²) in [5.41, 5.74) is 0.550. The molecule has 2 rings (SSSR count). The maximum atomic E-state index is 11.8. The van der Waals surface area contributed by atoms with Crippen LogP contribution >= 0.6 is 0 Å². The second kappa shape index (κ2) is 3.84. The fourth-order valence-corrected chi connectivity index (χ4v) is 2.19. The van der Waals surface area contributed by atoms with E-state index in [1.165, 1.54) is 12.1 Å². The third-order valence-corrected chi connectivity index (χ3v) is 3.12. The third-order valence-electron chi connectivity index (χ3n) is 3.12. The molecule has 0 bridgehead atoms. The number of hydrogen-bond donors (Lipinski definition) is 0. The summed E-state index contributed by atoms with van der Waals surface area (Å²) >= 11 is 0. The Bertz CT molecular complexity index is 465. The van der Waals surface area contributed by atoms with E-state index in [9.17, 15) is 14.9 Å². The van der Waals surface area contributed by atoms with Gasteiger partial charge in [0.1, 0.15) is 0 Å². The standard InChI is InChI=1S/C12H14N2O3/c1-12(2)8-7-11(15)13(12)9-3-5-10(6-4-9)14(16)17/h3-6H,7-8H2,1-2H3. The summed E-state index contributed by atoms with van der Waals surface area (Å²) < 4.78 is 0. The van der Waals surface area contributed by atoms with E-state index in [1.54, 1.807) is 17.0 Å². The average molecular weight is 234 g/mol. The lowest BCUT2D eigenvalue weighted by molar-refractivity contribution is -0.384. The number of benzene rings is 1. The molecule has 0 aliphatic carbocycles. The molecule has 0 radical (unpaired) electrons. The summed E-state index contributed by atoms with van der Waals surface area (Å²) in [6.45, 7) is 4.00. The number of nitro groups is 1. The van der Waals surface area contributed by atoms with Crippen LogP contribution in [0.5, 0.6) is 0 Å². The van der Waals surface area contributed by atoms with Crippen molar-refractivity contribution in [2.45, 2.75) is 32.2 Å². The number of amides is 1. The first-order valence-corrected chi connectivity index (χ1v) is 5.49. The van der Waals surface area contributed by atoms with Crippen LogP contribution in [0.3, 0.4) is 0 Å². The van der Waals surface area contributed by atoms with E-state index in [2.05, 4.69) is 0 Å². The lowest BCUT2D eigenvalue weighted by atomic mass is 10.0.